The molecular formula is C30H39N7O3S. The first-order chi connectivity index (χ1) is 19.9. The second-order valence-corrected chi connectivity index (χ2v) is 8.37. The minimum atomic E-state index is -0.275. The van der Waals surface area contributed by atoms with E-state index in [4.69, 9.17) is 9.47 Å². The van der Waals surface area contributed by atoms with Gasteiger partial charge in [0.05, 0.1) is 44.1 Å². The maximum absolute atomic E-state index is 13.5. The van der Waals surface area contributed by atoms with E-state index in [1.54, 1.807) is 44.9 Å². The van der Waals surface area contributed by atoms with E-state index < -0.39 is 0 Å². The molecule has 0 aliphatic carbocycles. The van der Waals surface area contributed by atoms with Gasteiger partial charge in [-0.05, 0) is 63.6 Å². The van der Waals surface area contributed by atoms with Gasteiger partial charge in [-0.3, -0.25) is 19.7 Å². The predicted octanol–water partition coefficient (Wildman–Crippen LogP) is 6.52. The Bertz CT molecular complexity index is 1410. The van der Waals surface area contributed by atoms with Crippen molar-refractivity contribution in [1.82, 2.24) is 24.9 Å². The molecule has 4 heterocycles. The highest BCUT2D eigenvalue weighted by atomic mass is 32.2. The zero-order chi connectivity index (χ0) is 30.9. The molecule has 0 amide bonds. The second kappa shape index (κ2) is 18.2. The van der Waals surface area contributed by atoms with Gasteiger partial charge in [-0.2, -0.15) is 0 Å². The highest BCUT2D eigenvalue weighted by Gasteiger charge is 2.21. The topological polar surface area (TPSA) is 138 Å². The molecule has 4 aromatic rings. The molecule has 10 nitrogen and oxygen atoms in total. The van der Waals surface area contributed by atoms with Gasteiger partial charge in [0.2, 0.25) is 5.12 Å². The normalized spacial score (nSPS) is 9.51. The summed E-state index contributed by atoms with van der Waals surface area (Å²) in [5, 5.41) is 0.0348. The molecule has 0 unspecified atom stereocenters. The first-order valence-electron chi connectivity index (χ1n) is 13.0. The van der Waals surface area contributed by atoms with Crippen molar-refractivity contribution in [3.63, 3.8) is 0 Å². The molecule has 218 valence electrons. The van der Waals surface area contributed by atoms with Gasteiger partial charge in [0.25, 0.3) is 0 Å². The summed E-state index contributed by atoms with van der Waals surface area (Å²) in [5.74, 6) is 1.43. The number of carbonyl (C=O) groups is 1. The first-order valence-corrected chi connectivity index (χ1v) is 13.9. The van der Waals surface area contributed by atoms with Crippen LogP contribution in [0.5, 0.6) is 11.5 Å². The number of nitrogens with two attached hydrogens (primary N) is 1. The van der Waals surface area contributed by atoms with Crippen LogP contribution >= 0.6 is 11.8 Å². The smallest absolute Gasteiger partial charge is 0.227 e. The Balaban J connectivity index is 0.00000131. The lowest BCUT2D eigenvalue weighted by Gasteiger charge is -2.13. The molecule has 0 spiro atoms. The van der Waals surface area contributed by atoms with Crippen molar-refractivity contribution in [3.05, 3.63) is 66.0 Å². The Hall–Kier alpha value is -4.22. The number of aryl methyl sites for hydroxylation is 2. The lowest BCUT2D eigenvalue weighted by molar-refractivity contribution is 0.108. The summed E-state index contributed by atoms with van der Waals surface area (Å²) in [7, 11) is 4.63. The third-order valence-corrected chi connectivity index (χ3v) is 5.94. The number of hydrogen-bond acceptors (Lipinski definition) is 11. The molecule has 4 aromatic heterocycles. The summed E-state index contributed by atoms with van der Waals surface area (Å²) in [6, 6.07) is 7.26. The standard InChI is InChI=1S/C25H22N6O3S.2C2H6.CH5N/c1-14-8-17(18-9-15(2)28-13-22(18)34-5)19(11-27-14)25(32)35-24-23(26-3)30-12-21(31-24)20-7-6-16(33-4)10-29-20;3*1-2/h6-13H,3H2,1-2,4-5H3;2*1-2H3;2H2,1H3. The van der Waals surface area contributed by atoms with Crippen molar-refractivity contribution in [2.75, 3.05) is 21.3 Å². The van der Waals surface area contributed by atoms with Gasteiger partial charge < -0.3 is 15.2 Å². The van der Waals surface area contributed by atoms with Gasteiger partial charge >= 0.3 is 0 Å². The van der Waals surface area contributed by atoms with E-state index in [-0.39, 0.29) is 10.9 Å². The fraction of sp³-hybridized carbons (Fsp3) is 0.300. The summed E-state index contributed by atoms with van der Waals surface area (Å²) in [6.45, 7) is 15.3. The highest BCUT2D eigenvalue weighted by Crippen LogP contribution is 2.37. The number of nitrogens with zero attached hydrogens (tertiary/aromatic N) is 6. The fourth-order valence-electron chi connectivity index (χ4n) is 3.33. The van der Waals surface area contributed by atoms with Crippen LogP contribution in [0.15, 0.2) is 59.1 Å². The zero-order valence-electron chi connectivity index (χ0n) is 25.2. The van der Waals surface area contributed by atoms with E-state index in [0.29, 0.717) is 39.0 Å². The van der Waals surface area contributed by atoms with Crippen molar-refractivity contribution < 1.29 is 14.3 Å². The van der Waals surface area contributed by atoms with E-state index in [0.717, 1.165) is 28.7 Å². The summed E-state index contributed by atoms with van der Waals surface area (Å²) in [6.07, 6.45) is 6.32. The molecule has 0 saturated carbocycles. The van der Waals surface area contributed by atoms with Crippen LogP contribution < -0.4 is 15.2 Å². The Morgan fingerprint density at radius 3 is 2.02 bits per heavy atom. The van der Waals surface area contributed by atoms with Crippen LogP contribution in [-0.4, -0.2) is 58.0 Å². The molecule has 41 heavy (non-hydrogen) atoms. The molecule has 0 aliphatic heterocycles. The van der Waals surface area contributed by atoms with E-state index in [2.05, 4.69) is 42.4 Å². The molecule has 0 aliphatic rings. The van der Waals surface area contributed by atoms with Crippen molar-refractivity contribution in [3.8, 4) is 34.0 Å². The molecule has 2 N–H and O–H groups in total. The number of aromatic nitrogens is 5. The van der Waals surface area contributed by atoms with E-state index in [1.807, 2.05) is 53.7 Å². The monoisotopic (exact) mass is 577 g/mol. The quantitative estimate of drug-likeness (QED) is 0.191. The van der Waals surface area contributed by atoms with Crippen LogP contribution in [0.25, 0.3) is 22.5 Å². The predicted molar refractivity (Wildman–Crippen MR) is 168 cm³/mol. The maximum Gasteiger partial charge on any atom is 0.227 e. The number of methoxy groups -OCH3 is 2. The van der Waals surface area contributed by atoms with E-state index in [9.17, 15) is 4.79 Å². The van der Waals surface area contributed by atoms with E-state index in [1.165, 1.54) is 13.2 Å². The third kappa shape index (κ3) is 9.16. The fourth-order valence-corrected chi connectivity index (χ4v) is 4.13. The molecule has 0 aromatic carbocycles. The number of pyridine rings is 3. The Labute approximate surface area is 246 Å². The maximum atomic E-state index is 13.5. The van der Waals surface area contributed by atoms with E-state index >= 15 is 0 Å². The molecule has 11 heteroatoms. The largest absolute Gasteiger partial charge is 0.495 e. The number of aliphatic imine (C=N–C) groups is 1. The molecule has 4 rings (SSSR count). The molecular weight excluding hydrogens is 538 g/mol. The van der Waals surface area contributed by atoms with Gasteiger partial charge in [-0.1, -0.05) is 27.7 Å². The number of hydrogen-bond donors (Lipinski definition) is 1. The first kappa shape index (κ1) is 34.8. The molecule has 0 fully saturated rings. The molecule has 0 bridgehead atoms. The summed E-state index contributed by atoms with van der Waals surface area (Å²) in [5.41, 5.74) is 8.96. The van der Waals surface area contributed by atoms with Crippen LogP contribution in [0.3, 0.4) is 0 Å². The molecule has 0 radical (unpaired) electrons. The Kier molecular flexibility index (Phi) is 15.4. The van der Waals surface area contributed by atoms with Gasteiger partial charge in [0, 0.05) is 28.7 Å². The molecule has 0 atom stereocenters. The van der Waals surface area contributed by atoms with Crippen molar-refractivity contribution in [2.45, 2.75) is 46.6 Å². The Morgan fingerprint density at radius 1 is 0.829 bits per heavy atom. The SMILES string of the molecule is C=Nc1ncc(-c2ccc(OC)cn2)nc1SC(=O)c1cnc(C)cc1-c1cc(C)ncc1OC.CC.CC.CN. The van der Waals surface area contributed by atoms with Crippen LogP contribution in [0.2, 0.25) is 0 Å². The summed E-state index contributed by atoms with van der Waals surface area (Å²) in [4.78, 5) is 39.3. The number of rotatable bonds is 7. The van der Waals surface area contributed by atoms with Crippen LogP contribution in [0.4, 0.5) is 5.82 Å². The van der Waals surface area contributed by atoms with Crippen molar-refractivity contribution in [1.29, 1.82) is 0 Å². The number of carbonyl (C=O) groups excluding carboxylic acids is 1. The summed E-state index contributed by atoms with van der Waals surface area (Å²) < 4.78 is 10.7. The van der Waals surface area contributed by atoms with Crippen LogP contribution in [-0.2, 0) is 0 Å². The Morgan fingerprint density at radius 2 is 1.46 bits per heavy atom. The number of ether oxygens (including phenoxy) is 2. The minimum Gasteiger partial charge on any atom is -0.495 e. The van der Waals surface area contributed by atoms with Gasteiger partial charge in [0.1, 0.15) is 22.2 Å². The summed E-state index contributed by atoms with van der Waals surface area (Å²) >= 11 is 0.902. The lowest BCUT2D eigenvalue weighted by atomic mass is 10.0. The lowest BCUT2D eigenvalue weighted by Crippen LogP contribution is -2.03. The van der Waals surface area contributed by atoms with Gasteiger partial charge in [-0.15, -0.1) is 0 Å². The van der Waals surface area contributed by atoms with Gasteiger partial charge in [-0.25, -0.2) is 15.0 Å². The van der Waals surface area contributed by atoms with Gasteiger partial charge in [0.15, 0.2) is 5.82 Å². The molecule has 0 saturated heterocycles. The zero-order valence-corrected chi connectivity index (χ0v) is 26.0. The van der Waals surface area contributed by atoms with Crippen molar-refractivity contribution in [2.24, 2.45) is 10.7 Å². The average Bonchev–Trinajstić information content (AvgIpc) is 3.03. The van der Waals surface area contributed by atoms with Crippen LogP contribution in [0, 0.1) is 13.8 Å². The van der Waals surface area contributed by atoms with Crippen LogP contribution in [0.1, 0.15) is 49.4 Å². The second-order valence-electron chi connectivity index (χ2n) is 7.41. The average molecular weight is 578 g/mol. The number of thioether (sulfide) groups is 1. The third-order valence-electron chi connectivity index (χ3n) is 5.07. The highest BCUT2D eigenvalue weighted by molar-refractivity contribution is 8.14. The minimum absolute atomic E-state index is 0.250. The van der Waals surface area contributed by atoms with Crippen molar-refractivity contribution >= 4 is 29.4 Å².